The van der Waals surface area contributed by atoms with Crippen LogP contribution in [0.1, 0.15) is 11.1 Å². The summed E-state index contributed by atoms with van der Waals surface area (Å²) in [4.78, 5) is 12.9. The Morgan fingerprint density at radius 2 is 1.56 bits per heavy atom. The number of rotatable bonds is 3. The summed E-state index contributed by atoms with van der Waals surface area (Å²) in [6.07, 6.45) is -5.57. The molecular weight excluding hydrogens is 472 g/mol. The molecule has 1 aliphatic rings. The van der Waals surface area contributed by atoms with E-state index in [1.165, 1.54) is 6.07 Å². The molecule has 1 aliphatic heterocycles. The zero-order chi connectivity index (χ0) is 24.0. The number of nitrogens with zero attached hydrogens (tertiary/aromatic N) is 2. The second-order valence-corrected chi connectivity index (χ2v) is 9.69. The van der Waals surface area contributed by atoms with Crippen LogP contribution in [0.4, 0.5) is 43.1 Å². The highest BCUT2D eigenvalue weighted by Gasteiger charge is 2.65. The molecule has 0 saturated carbocycles. The minimum atomic E-state index is -9.93. The van der Waals surface area contributed by atoms with E-state index in [0.717, 1.165) is 23.1 Å². The molecule has 13 heteroatoms. The van der Waals surface area contributed by atoms with E-state index in [4.69, 9.17) is 4.74 Å². The third kappa shape index (κ3) is 5.56. The van der Waals surface area contributed by atoms with E-state index in [1.54, 1.807) is 11.8 Å². The zero-order valence-electron chi connectivity index (χ0n) is 16.5. The maximum atomic E-state index is 13.0. The van der Waals surface area contributed by atoms with Gasteiger partial charge in [-0.1, -0.05) is 31.6 Å². The Labute approximate surface area is 178 Å². The first-order valence-corrected chi connectivity index (χ1v) is 11.1. The molecule has 0 N–H and O–H groups in total. The molecule has 178 valence electrons. The number of hydrogen-bond donors (Lipinski definition) is 0. The number of carbonyl (C=O) groups excluding carboxylic acids is 1. The Balaban J connectivity index is 1.68. The van der Waals surface area contributed by atoms with Crippen molar-refractivity contribution < 1.29 is 42.1 Å². The summed E-state index contributed by atoms with van der Waals surface area (Å²) < 4.78 is 108. The maximum Gasteiger partial charge on any atom is 0.416 e. The van der Waals surface area contributed by atoms with E-state index in [1.807, 2.05) is 0 Å². The summed E-state index contributed by atoms with van der Waals surface area (Å²) in [5, 5.41) is 0. The number of hydrogen-bond acceptors (Lipinski definition) is 3. The molecule has 1 heterocycles. The molecule has 3 rings (SSSR count). The SMILES string of the molecule is Cc1ccc(C(F)(F)F)cc1N1CCN(C(=O)Oc2cccc(S(F)(F)(F)(F)F)c2)CC1. The van der Waals surface area contributed by atoms with Crippen molar-refractivity contribution in [3.8, 4) is 5.75 Å². The van der Waals surface area contributed by atoms with E-state index in [2.05, 4.69) is 0 Å². The van der Waals surface area contributed by atoms with E-state index < -0.39 is 38.7 Å². The Morgan fingerprint density at radius 1 is 0.938 bits per heavy atom. The van der Waals surface area contributed by atoms with Crippen LogP contribution in [0, 0.1) is 6.92 Å². The number of amides is 1. The highest BCUT2D eigenvalue weighted by molar-refractivity contribution is 8.45. The van der Waals surface area contributed by atoms with E-state index in [9.17, 15) is 37.4 Å². The Morgan fingerprint density at radius 3 is 2.12 bits per heavy atom. The van der Waals surface area contributed by atoms with Gasteiger partial charge in [-0.2, -0.15) is 13.2 Å². The highest BCUT2D eigenvalue weighted by Crippen LogP contribution is 3.02. The lowest BCUT2D eigenvalue weighted by Crippen LogP contribution is -2.49. The predicted octanol–water partition coefficient (Wildman–Crippen LogP) is 6.99. The van der Waals surface area contributed by atoms with Gasteiger partial charge in [-0.3, -0.25) is 0 Å². The number of piperazine rings is 1. The van der Waals surface area contributed by atoms with Crippen LogP contribution in [0.2, 0.25) is 0 Å². The third-order valence-electron chi connectivity index (χ3n) is 4.87. The second kappa shape index (κ2) is 7.15. The van der Waals surface area contributed by atoms with E-state index in [0.29, 0.717) is 17.3 Å². The third-order valence-corrected chi connectivity index (χ3v) is 6.02. The molecule has 2 aromatic rings. The molecule has 0 spiro atoms. The smallest absolute Gasteiger partial charge is 0.410 e. The van der Waals surface area contributed by atoms with Crippen LogP contribution in [-0.2, 0) is 6.18 Å². The van der Waals surface area contributed by atoms with Gasteiger partial charge in [0.2, 0.25) is 0 Å². The normalized spacial score (nSPS) is 17.5. The van der Waals surface area contributed by atoms with Crippen LogP contribution in [0.25, 0.3) is 0 Å². The van der Waals surface area contributed by atoms with E-state index >= 15 is 0 Å². The molecule has 0 aliphatic carbocycles. The first kappa shape index (κ1) is 24.0. The molecule has 0 aromatic heterocycles. The minimum Gasteiger partial charge on any atom is -0.410 e. The van der Waals surface area contributed by atoms with Gasteiger partial charge in [-0.05, 0) is 36.8 Å². The Bertz CT molecular complexity index is 1030. The van der Waals surface area contributed by atoms with Crippen molar-refractivity contribution in [3.05, 3.63) is 53.6 Å². The number of ether oxygens (including phenoxy) is 1. The van der Waals surface area contributed by atoms with Crippen molar-refractivity contribution >= 4 is 22.0 Å². The van der Waals surface area contributed by atoms with E-state index in [-0.39, 0.29) is 38.3 Å². The summed E-state index contributed by atoms with van der Waals surface area (Å²) in [6, 6.07) is 5.19. The van der Waals surface area contributed by atoms with Crippen molar-refractivity contribution in [1.82, 2.24) is 4.90 Å². The lowest BCUT2D eigenvalue weighted by atomic mass is 10.1. The van der Waals surface area contributed by atoms with Crippen molar-refractivity contribution in [2.75, 3.05) is 31.1 Å². The number of carbonyl (C=O) groups is 1. The highest BCUT2D eigenvalue weighted by atomic mass is 32.5. The summed E-state index contributed by atoms with van der Waals surface area (Å²) in [7, 11) is -9.93. The molecule has 32 heavy (non-hydrogen) atoms. The monoisotopic (exact) mass is 490 g/mol. The molecule has 0 radical (unpaired) electrons. The zero-order valence-corrected chi connectivity index (χ0v) is 17.3. The predicted molar refractivity (Wildman–Crippen MR) is 104 cm³/mol. The summed E-state index contributed by atoms with van der Waals surface area (Å²) in [5.74, 6) is -0.697. The Hall–Kier alpha value is -2.70. The minimum absolute atomic E-state index is 0.00969. The fourth-order valence-corrected chi connectivity index (χ4v) is 3.87. The lowest BCUT2D eigenvalue weighted by Gasteiger charge is -2.40. The van der Waals surface area contributed by atoms with Gasteiger partial charge in [-0.25, -0.2) is 4.79 Å². The topological polar surface area (TPSA) is 32.8 Å². The number of benzene rings is 2. The molecule has 0 atom stereocenters. The number of aryl methyl sites for hydroxylation is 1. The van der Waals surface area contributed by atoms with Crippen molar-refractivity contribution in [2.24, 2.45) is 0 Å². The first-order chi connectivity index (χ1) is 14.4. The van der Waals surface area contributed by atoms with Crippen LogP contribution in [0.3, 0.4) is 0 Å². The van der Waals surface area contributed by atoms with Gasteiger partial charge in [0.25, 0.3) is 0 Å². The molecule has 1 saturated heterocycles. The molecule has 1 fully saturated rings. The van der Waals surface area contributed by atoms with Crippen LogP contribution in [0.15, 0.2) is 47.4 Å². The van der Waals surface area contributed by atoms with Crippen LogP contribution in [0.5, 0.6) is 5.75 Å². The van der Waals surface area contributed by atoms with Gasteiger partial charge in [0, 0.05) is 37.9 Å². The van der Waals surface area contributed by atoms with Gasteiger partial charge in [0.1, 0.15) is 10.6 Å². The first-order valence-electron chi connectivity index (χ1n) is 9.18. The average Bonchev–Trinajstić information content (AvgIpc) is 2.66. The molecule has 2 aromatic carbocycles. The van der Waals surface area contributed by atoms with Gasteiger partial charge in [-0.15, -0.1) is 0 Å². The van der Waals surface area contributed by atoms with Crippen LogP contribution < -0.4 is 9.64 Å². The quantitative estimate of drug-likeness (QED) is 0.435. The molecular formula is C19H18F8N2O2S. The second-order valence-electron chi connectivity index (χ2n) is 7.28. The molecule has 0 unspecified atom stereocenters. The summed E-state index contributed by atoms with van der Waals surface area (Å²) in [6.45, 7) is 1.94. The number of alkyl halides is 3. The summed E-state index contributed by atoms with van der Waals surface area (Å²) in [5.41, 5.74) is 0.127. The van der Waals surface area contributed by atoms with Crippen molar-refractivity contribution in [1.29, 1.82) is 0 Å². The maximum absolute atomic E-state index is 13.0. The molecule has 1 amide bonds. The number of halogens is 8. The van der Waals surface area contributed by atoms with Crippen molar-refractivity contribution in [3.63, 3.8) is 0 Å². The molecule has 4 nitrogen and oxygen atoms in total. The van der Waals surface area contributed by atoms with Gasteiger partial charge >= 0.3 is 22.5 Å². The van der Waals surface area contributed by atoms with Crippen molar-refractivity contribution in [2.45, 2.75) is 18.0 Å². The fraction of sp³-hybridized carbons (Fsp3) is 0.316. The molecule has 0 bridgehead atoms. The number of anilines is 1. The Kier molecular flexibility index (Phi) is 5.35. The average molecular weight is 490 g/mol. The fourth-order valence-electron chi connectivity index (χ4n) is 3.20. The van der Waals surface area contributed by atoms with Crippen LogP contribution >= 0.6 is 10.2 Å². The van der Waals surface area contributed by atoms with Gasteiger partial charge < -0.3 is 14.5 Å². The lowest BCUT2D eigenvalue weighted by molar-refractivity contribution is -0.137. The largest absolute Gasteiger partial charge is 0.416 e. The van der Waals surface area contributed by atoms with Crippen LogP contribution in [-0.4, -0.2) is 37.2 Å². The standard InChI is InChI=1S/C19H18F8N2O2S/c1-13-5-6-14(19(20,21)22)11-17(13)28-7-9-29(10-8-28)18(30)31-15-3-2-4-16(12-15)32(23,24,25,26)27/h2-6,11-12H,7-10H2,1H3. The van der Waals surface area contributed by atoms with Gasteiger partial charge in [0.05, 0.1) is 5.56 Å². The van der Waals surface area contributed by atoms with Gasteiger partial charge in [0.15, 0.2) is 0 Å². The summed E-state index contributed by atoms with van der Waals surface area (Å²) >= 11 is 0.